The van der Waals surface area contributed by atoms with Gasteiger partial charge in [-0.2, -0.15) is 0 Å². The molecule has 3 nitrogen and oxygen atoms in total. The van der Waals surface area contributed by atoms with Gasteiger partial charge in [0.15, 0.2) is 0 Å². The second-order valence-electron chi connectivity index (χ2n) is 5.96. The first-order valence-corrected chi connectivity index (χ1v) is 8.69. The summed E-state index contributed by atoms with van der Waals surface area (Å²) in [4.78, 5) is 14.6. The molecule has 2 aromatic carbocycles. The first-order valence-electron chi connectivity index (χ1n) is 7.93. The zero-order chi connectivity index (χ0) is 17.1. The van der Waals surface area contributed by atoms with Gasteiger partial charge in [0.1, 0.15) is 5.75 Å². The van der Waals surface area contributed by atoms with Crippen molar-refractivity contribution in [1.29, 1.82) is 0 Å². The number of hydrogen-bond acceptors (Lipinski definition) is 2. The van der Waals surface area contributed by atoms with E-state index in [1.807, 2.05) is 35.2 Å². The molecule has 2 aromatic rings. The maximum Gasteiger partial charge on any atom is 0.226 e. The van der Waals surface area contributed by atoms with Crippen LogP contribution in [0.15, 0.2) is 42.5 Å². The van der Waals surface area contributed by atoms with Crippen LogP contribution in [-0.4, -0.2) is 24.5 Å². The molecule has 1 aliphatic heterocycles. The number of likely N-dealkylation sites (tertiary alicyclic amines) is 1. The number of rotatable bonds is 5. The molecule has 126 valence electrons. The molecule has 24 heavy (non-hydrogen) atoms. The van der Waals surface area contributed by atoms with Crippen molar-refractivity contribution in [3.63, 3.8) is 0 Å². The Hall–Kier alpha value is -1.71. The normalized spacial score (nSPS) is 17.4. The molecular weight excluding hydrogens is 345 g/mol. The van der Waals surface area contributed by atoms with Crippen LogP contribution < -0.4 is 4.74 Å². The molecule has 3 rings (SSSR count). The Bertz CT molecular complexity index is 728. The lowest BCUT2D eigenvalue weighted by atomic mass is 9.97. The molecule has 0 spiro atoms. The first kappa shape index (κ1) is 17.1. The molecule has 0 bridgehead atoms. The van der Waals surface area contributed by atoms with E-state index >= 15 is 0 Å². The molecule has 1 amide bonds. The van der Waals surface area contributed by atoms with Gasteiger partial charge in [0.05, 0.1) is 7.11 Å². The Labute approximate surface area is 152 Å². The van der Waals surface area contributed by atoms with Gasteiger partial charge in [-0.1, -0.05) is 47.5 Å². The van der Waals surface area contributed by atoms with E-state index in [1.165, 1.54) is 0 Å². The molecule has 0 radical (unpaired) electrons. The minimum Gasteiger partial charge on any atom is -0.496 e. The van der Waals surface area contributed by atoms with E-state index in [4.69, 9.17) is 27.9 Å². The van der Waals surface area contributed by atoms with Crippen LogP contribution in [0.4, 0.5) is 0 Å². The highest BCUT2D eigenvalue weighted by Gasteiger charge is 2.32. The highest BCUT2D eigenvalue weighted by Crippen LogP contribution is 2.31. The van der Waals surface area contributed by atoms with Crippen molar-refractivity contribution in [1.82, 2.24) is 4.90 Å². The quantitative estimate of drug-likeness (QED) is 0.777. The summed E-state index contributed by atoms with van der Waals surface area (Å²) < 4.78 is 5.39. The fraction of sp³-hybridized carbons (Fsp3) is 0.316. The Balaban J connectivity index is 1.71. The van der Waals surface area contributed by atoms with Crippen LogP contribution in [-0.2, 0) is 17.8 Å². The molecule has 0 aromatic heterocycles. The highest BCUT2D eigenvalue weighted by atomic mass is 35.5. The van der Waals surface area contributed by atoms with Gasteiger partial charge < -0.3 is 9.64 Å². The van der Waals surface area contributed by atoms with E-state index in [0.29, 0.717) is 23.0 Å². The fourth-order valence-corrected chi connectivity index (χ4v) is 3.68. The molecule has 1 atom stereocenters. The van der Waals surface area contributed by atoms with Gasteiger partial charge >= 0.3 is 0 Å². The standard InChI is InChI=1S/C19H19Cl2NO2/c1-24-18-8-3-2-5-13(18)11-14-9-10-22(19(14)23)12-15-16(20)6-4-7-17(15)21/h2-8,14H,9-12H2,1H3. The van der Waals surface area contributed by atoms with Crippen molar-refractivity contribution in [2.75, 3.05) is 13.7 Å². The van der Waals surface area contributed by atoms with E-state index in [9.17, 15) is 4.79 Å². The summed E-state index contributed by atoms with van der Waals surface area (Å²) in [5, 5.41) is 1.20. The lowest BCUT2D eigenvalue weighted by Crippen LogP contribution is -2.27. The van der Waals surface area contributed by atoms with Crippen molar-refractivity contribution in [3.05, 3.63) is 63.6 Å². The second kappa shape index (κ2) is 7.45. The van der Waals surface area contributed by atoms with Gasteiger partial charge in [-0.25, -0.2) is 0 Å². The second-order valence-corrected chi connectivity index (χ2v) is 6.78. The van der Waals surface area contributed by atoms with Crippen molar-refractivity contribution in [3.8, 4) is 5.75 Å². The van der Waals surface area contributed by atoms with Crippen LogP contribution in [0.5, 0.6) is 5.75 Å². The number of ether oxygens (including phenoxy) is 1. The van der Waals surface area contributed by atoms with Crippen molar-refractivity contribution < 1.29 is 9.53 Å². The predicted octanol–water partition coefficient (Wildman–Crippen LogP) is 4.59. The number of halogens is 2. The van der Waals surface area contributed by atoms with Gasteiger partial charge in [0, 0.05) is 34.6 Å². The van der Waals surface area contributed by atoms with E-state index in [-0.39, 0.29) is 11.8 Å². The zero-order valence-electron chi connectivity index (χ0n) is 13.5. The van der Waals surface area contributed by atoms with Crippen LogP contribution in [0, 0.1) is 5.92 Å². The molecule has 1 aliphatic rings. The Morgan fingerprint density at radius 3 is 2.54 bits per heavy atom. The number of para-hydroxylation sites is 1. The van der Waals surface area contributed by atoms with Gasteiger partial charge in [0.2, 0.25) is 5.91 Å². The Morgan fingerprint density at radius 2 is 1.83 bits per heavy atom. The minimum atomic E-state index is -0.0254. The number of hydrogen-bond donors (Lipinski definition) is 0. The Morgan fingerprint density at radius 1 is 1.12 bits per heavy atom. The van der Waals surface area contributed by atoms with Crippen LogP contribution in [0.3, 0.4) is 0 Å². The van der Waals surface area contributed by atoms with Crippen molar-refractivity contribution in [2.45, 2.75) is 19.4 Å². The van der Waals surface area contributed by atoms with E-state index in [1.54, 1.807) is 19.2 Å². The topological polar surface area (TPSA) is 29.5 Å². The van der Waals surface area contributed by atoms with Crippen molar-refractivity contribution >= 4 is 29.1 Å². The number of nitrogens with zero attached hydrogens (tertiary/aromatic N) is 1. The fourth-order valence-electron chi connectivity index (χ4n) is 3.16. The summed E-state index contributed by atoms with van der Waals surface area (Å²) >= 11 is 12.4. The first-order chi connectivity index (χ1) is 11.6. The number of methoxy groups -OCH3 is 1. The summed E-state index contributed by atoms with van der Waals surface area (Å²) in [7, 11) is 1.65. The summed E-state index contributed by atoms with van der Waals surface area (Å²) in [5.74, 6) is 0.956. The molecular formula is C19H19Cl2NO2. The molecule has 1 saturated heterocycles. The molecule has 0 aliphatic carbocycles. The summed E-state index contributed by atoms with van der Waals surface area (Å²) in [6.45, 7) is 1.18. The van der Waals surface area contributed by atoms with Gasteiger partial charge in [0.25, 0.3) is 0 Å². The van der Waals surface area contributed by atoms with Crippen LogP contribution in [0.2, 0.25) is 10.0 Å². The molecule has 1 fully saturated rings. The predicted molar refractivity (Wildman–Crippen MR) is 96.7 cm³/mol. The summed E-state index contributed by atoms with van der Waals surface area (Å²) in [6.07, 6.45) is 1.52. The molecule has 1 unspecified atom stereocenters. The maximum absolute atomic E-state index is 12.7. The zero-order valence-corrected chi connectivity index (χ0v) is 15.0. The van der Waals surface area contributed by atoms with Gasteiger partial charge in [-0.05, 0) is 36.6 Å². The Kier molecular flexibility index (Phi) is 5.32. The van der Waals surface area contributed by atoms with Crippen molar-refractivity contribution in [2.24, 2.45) is 5.92 Å². The van der Waals surface area contributed by atoms with Crippen LogP contribution in [0.25, 0.3) is 0 Å². The lowest BCUT2D eigenvalue weighted by molar-refractivity contribution is -0.131. The molecule has 5 heteroatoms. The number of benzene rings is 2. The number of carbonyl (C=O) groups excluding carboxylic acids is 1. The van der Waals surface area contributed by atoms with Crippen LogP contribution in [0.1, 0.15) is 17.5 Å². The van der Waals surface area contributed by atoms with Gasteiger partial charge in [-0.3, -0.25) is 4.79 Å². The lowest BCUT2D eigenvalue weighted by Gasteiger charge is -2.19. The summed E-state index contributed by atoms with van der Waals surface area (Å²) in [6, 6.07) is 13.3. The maximum atomic E-state index is 12.7. The largest absolute Gasteiger partial charge is 0.496 e. The average Bonchev–Trinajstić information content (AvgIpc) is 2.92. The summed E-state index contributed by atoms with van der Waals surface area (Å²) in [5.41, 5.74) is 1.88. The third-order valence-corrected chi connectivity index (χ3v) is 5.19. The smallest absolute Gasteiger partial charge is 0.226 e. The minimum absolute atomic E-state index is 0.0254. The molecule has 0 N–H and O–H groups in total. The monoisotopic (exact) mass is 363 g/mol. The third-order valence-electron chi connectivity index (χ3n) is 4.48. The average molecular weight is 364 g/mol. The number of carbonyl (C=O) groups is 1. The molecule has 1 heterocycles. The van der Waals surface area contributed by atoms with E-state index in [0.717, 1.165) is 29.8 Å². The van der Waals surface area contributed by atoms with E-state index in [2.05, 4.69) is 0 Å². The van der Waals surface area contributed by atoms with E-state index < -0.39 is 0 Å². The molecule has 0 saturated carbocycles. The van der Waals surface area contributed by atoms with Crippen LogP contribution >= 0.6 is 23.2 Å². The number of amides is 1. The van der Waals surface area contributed by atoms with Gasteiger partial charge in [-0.15, -0.1) is 0 Å². The SMILES string of the molecule is COc1ccccc1CC1CCN(Cc2c(Cl)cccc2Cl)C1=O. The third kappa shape index (κ3) is 3.52. The highest BCUT2D eigenvalue weighted by molar-refractivity contribution is 6.36.